The molecule has 1 heterocycles. The molecule has 0 saturated heterocycles. The number of likely N-dealkylation sites (N-methyl/N-ethyl adjacent to an activating group) is 1. The zero-order valence-electron chi connectivity index (χ0n) is 9.08. The van der Waals surface area contributed by atoms with E-state index >= 15 is 0 Å². The van der Waals surface area contributed by atoms with Gasteiger partial charge in [0, 0.05) is 31.6 Å². The van der Waals surface area contributed by atoms with Crippen LogP contribution in [0, 0.1) is 0 Å². The van der Waals surface area contributed by atoms with Crippen molar-refractivity contribution in [2.24, 2.45) is 7.05 Å². The first kappa shape index (κ1) is 9.71. The van der Waals surface area contributed by atoms with E-state index in [-0.39, 0.29) is 0 Å². The van der Waals surface area contributed by atoms with Gasteiger partial charge in [-0.1, -0.05) is 6.42 Å². The van der Waals surface area contributed by atoms with E-state index in [0.717, 1.165) is 18.9 Å². The Labute approximate surface area is 85.5 Å². The SMILES string of the molecule is CNCCc1cc(C2CCC2)n(C)n1. The summed E-state index contributed by atoms with van der Waals surface area (Å²) in [6, 6.07) is 2.28. The highest BCUT2D eigenvalue weighted by Gasteiger charge is 2.22. The Bertz CT molecular complexity index is 299. The molecule has 0 unspecified atom stereocenters. The number of aryl methyl sites for hydroxylation is 1. The van der Waals surface area contributed by atoms with Crippen molar-refractivity contribution in [3.63, 3.8) is 0 Å². The van der Waals surface area contributed by atoms with E-state index < -0.39 is 0 Å². The third-order valence-corrected chi connectivity index (χ3v) is 3.12. The number of rotatable bonds is 4. The van der Waals surface area contributed by atoms with Gasteiger partial charge in [-0.25, -0.2) is 0 Å². The Balaban J connectivity index is 2.04. The summed E-state index contributed by atoms with van der Waals surface area (Å²) < 4.78 is 2.06. The largest absolute Gasteiger partial charge is 0.319 e. The molecule has 0 aliphatic heterocycles. The molecule has 78 valence electrons. The van der Waals surface area contributed by atoms with Crippen molar-refractivity contribution >= 4 is 0 Å². The molecule has 1 fully saturated rings. The Hall–Kier alpha value is -0.830. The second kappa shape index (κ2) is 4.13. The average molecular weight is 193 g/mol. The third kappa shape index (κ3) is 1.82. The second-order valence-electron chi connectivity index (χ2n) is 4.17. The number of hydrogen-bond donors (Lipinski definition) is 1. The van der Waals surface area contributed by atoms with Crippen LogP contribution in [-0.4, -0.2) is 23.4 Å². The maximum atomic E-state index is 4.53. The van der Waals surface area contributed by atoms with E-state index in [4.69, 9.17) is 0 Å². The van der Waals surface area contributed by atoms with Crippen LogP contribution >= 0.6 is 0 Å². The summed E-state index contributed by atoms with van der Waals surface area (Å²) in [6.45, 7) is 1.01. The van der Waals surface area contributed by atoms with Gasteiger partial charge in [-0.05, 0) is 26.0 Å². The van der Waals surface area contributed by atoms with Crippen LogP contribution < -0.4 is 5.32 Å². The van der Waals surface area contributed by atoms with Gasteiger partial charge in [-0.15, -0.1) is 0 Å². The first-order chi connectivity index (χ1) is 6.81. The van der Waals surface area contributed by atoms with E-state index in [0.29, 0.717) is 0 Å². The Morgan fingerprint density at radius 2 is 2.36 bits per heavy atom. The van der Waals surface area contributed by atoms with Crippen molar-refractivity contribution in [1.82, 2.24) is 15.1 Å². The Kier molecular flexibility index (Phi) is 2.87. The van der Waals surface area contributed by atoms with Crippen LogP contribution in [0.25, 0.3) is 0 Å². The summed E-state index contributed by atoms with van der Waals surface area (Å²) in [7, 11) is 4.05. The fourth-order valence-electron chi connectivity index (χ4n) is 2.00. The average Bonchev–Trinajstić information content (AvgIpc) is 2.42. The molecule has 14 heavy (non-hydrogen) atoms. The molecule has 1 aromatic heterocycles. The maximum Gasteiger partial charge on any atom is 0.0640 e. The minimum absolute atomic E-state index is 0.788. The highest BCUT2D eigenvalue weighted by atomic mass is 15.3. The maximum absolute atomic E-state index is 4.53. The van der Waals surface area contributed by atoms with Crippen LogP contribution in [0.5, 0.6) is 0 Å². The molecule has 1 aromatic rings. The van der Waals surface area contributed by atoms with Crippen molar-refractivity contribution in [3.8, 4) is 0 Å². The lowest BCUT2D eigenvalue weighted by Crippen LogP contribution is -2.12. The lowest BCUT2D eigenvalue weighted by atomic mass is 9.83. The molecule has 0 atom stereocenters. The molecule has 2 rings (SSSR count). The molecule has 0 aromatic carbocycles. The van der Waals surface area contributed by atoms with Gasteiger partial charge in [0.05, 0.1) is 5.69 Å². The molecular formula is C11H19N3. The minimum atomic E-state index is 0.788. The van der Waals surface area contributed by atoms with Gasteiger partial charge in [0.25, 0.3) is 0 Å². The summed E-state index contributed by atoms with van der Waals surface area (Å²) in [6.07, 6.45) is 5.13. The van der Waals surface area contributed by atoms with Gasteiger partial charge >= 0.3 is 0 Å². The lowest BCUT2D eigenvalue weighted by molar-refractivity contribution is 0.397. The molecule has 1 aliphatic carbocycles. The van der Waals surface area contributed by atoms with Gasteiger partial charge in [0.2, 0.25) is 0 Å². The molecule has 0 amide bonds. The molecule has 1 N–H and O–H groups in total. The third-order valence-electron chi connectivity index (χ3n) is 3.12. The van der Waals surface area contributed by atoms with Crippen molar-refractivity contribution < 1.29 is 0 Å². The van der Waals surface area contributed by atoms with E-state index in [1.165, 1.54) is 30.7 Å². The zero-order chi connectivity index (χ0) is 9.97. The van der Waals surface area contributed by atoms with Crippen molar-refractivity contribution in [2.75, 3.05) is 13.6 Å². The number of nitrogens with zero attached hydrogens (tertiary/aromatic N) is 2. The van der Waals surface area contributed by atoms with E-state index in [1.807, 2.05) is 7.05 Å². The van der Waals surface area contributed by atoms with Crippen LogP contribution in [0.3, 0.4) is 0 Å². The van der Waals surface area contributed by atoms with Gasteiger partial charge < -0.3 is 5.32 Å². The van der Waals surface area contributed by atoms with Crippen LogP contribution in [0.1, 0.15) is 36.6 Å². The van der Waals surface area contributed by atoms with Crippen molar-refractivity contribution in [3.05, 3.63) is 17.5 Å². The molecule has 1 aliphatic rings. The van der Waals surface area contributed by atoms with E-state index in [2.05, 4.69) is 28.2 Å². The number of nitrogens with one attached hydrogen (secondary N) is 1. The summed E-state index contributed by atoms with van der Waals surface area (Å²) in [5.74, 6) is 0.788. The molecule has 0 bridgehead atoms. The van der Waals surface area contributed by atoms with Crippen molar-refractivity contribution in [1.29, 1.82) is 0 Å². The predicted molar refractivity (Wildman–Crippen MR) is 57.4 cm³/mol. The van der Waals surface area contributed by atoms with Crippen molar-refractivity contribution in [2.45, 2.75) is 31.6 Å². The molecule has 0 spiro atoms. The van der Waals surface area contributed by atoms with Gasteiger partial charge in [-0.3, -0.25) is 4.68 Å². The lowest BCUT2D eigenvalue weighted by Gasteiger charge is -2.25. The fourth-order valence-corrected chi connectivity index (χ4v) is 2.00. The summed E-state index contributed by atoms with van der Waals surface area (Å²) in [4.78, 5) is 0. The normalized spacial score (nSPS) is 17.0. The highest BCUT2D eigenvalue weighted by Crippen LogP contribution is 2.36. The molecule has 3 heteroatoms. The number of aromatic nitrogens is 2. The summed E-state index contributed by atoms with van der Waals surface area (Å²) in [5.41, 5.74) is 2.66. The van der Waals surface area contributed by atoms with Gasteiger partial charge in [-0.2, -0.15) is 5.10 Å². The Morgan fingerprint density at radius 3 is 2.93 bits per heavy atom. The standard InChI is InChI=1S/C11H19N3/c1-12-7-6-10-8-11(14(2)13-10)9-4-3-5-9/h8-9,12H,3-7H2,1-2H3. The fraction of sp³-hybridized carbons (Fsp3) is 0.727. The van der Waals surface area contributed by atoms with Crippen LogP contribution in [-0.2, 0) is 13.5 Å². The first-order valence-electron chi connectivity index (χ1n) is 5.48. The predicted octanol–water partition coefficient (Wildman–Crippen LogP) is 1.45. The minimum Gasteiger partial charge on any atom is -0.319 e. The van der Waals surface area contributed by atoms with E-state index in [1.54, 1.807) is 0 Å². The quantitative estimate of drug-likeness (QED) is 0.784. The van der Waals surface area contributed by atoms with Gasteiger partial charge in [0.15, 0.2) is 0 Å². The molecular weight excluding hydrogens is 174 g/mol. The van der Waals surface area contributed by atoms with Crippen LogP contribution in [0.2, 0.25) is 0 Å². The summed E-state index contributed by atoms with van der Waals surface area (Å²) in [5, 5.41) is 7.68. The molecule has 0 radical (unpaired) electrons. The Morgan fingerprint density at radius 1 is 1.57 bits per heavy atom. The van der Waals surface area contributed by atoms with E-state index in [9.17, 15) is 0 Å². The first-order valence-corrected chi connectivity index (χ1v) is 5.48. The monoisotopic (exact) mass is 193 g/mol. The number of hydrogen-bond acceptors (Lipinski definition) is 2. The highest BCUT2D eigenvalue weighted by molar-refractivity contribution is 5.17. The zero-order valence-corrected chi connectivity index (χ0v) is 9.08. The smallest absolute Gasteiger partial charge is 0.0640 e. The van der Waals surface area contributed by atoms with Crippen LogP contribution in [0.4, 0.5) is 0 Å². The topological polar surface area (TPSA) is 29.9 Å². The molecule has 3 nitrogen and oxygen atoms in total. The van der Waals surface area contributed by atoms with Gasteiger partial charge in [0.1, 0.15) is 0 Å². The molecule has 1 saturated carbocycles. The second-order valence-corrected chi connectivity index (χ2v) is 4.17. The van der Waals surface area contributed by atoms with Crippen LogP contribution in [0.15, 0.2) is 6.07 Å². The summed E-state index contributed by atoms with van der Waals surface area (Å²) >= 11 is 0.